The fraction of sp³-hybridized carbons (Fsp3) is 0.400. The summed E-state index contributed by atoms with van der Waals surface area (Å²) in [6.07, 6.45) is 1.14. The highest BCUT2D eigenvalue weighted by molar-refractivity contribution is 6.30. The molecule has 0 bridgehead atoms. The normalized spacial score (nSPS) is 33.2. The van der Waals surface area contributed by atoms with Crippen LogP contribution >= 0.6 is 24.0 Å². The Hall–Kier alpha value is -0.240. The fourth-order valence-electron chi connectivity index (χ4n) is 2.43. The maximum absolute atomic E-state index is 5.89. The summed E-state index contributed by atoms with van der Waals surface area (Å²) >= 11 is 5.89. The third-order valence-corrected chi connectivity index (χ3v) is 3.38. The van der Waals surface area contributed by atoms with Crippen molar-refractivity contribution in [1.29, 1.82) is 0 Å². The van der Waals surface area contributed by atoms with Gasteiger partial charge in [-0.1, -0.05) is 17.7 Å². The zero-order chi connectivity index (χ0) is 8.29. The number of halogens is 2. The third kappa shape index (κ3) is 1.18. The average Bonchev–Trinajstić information content (AvgIpc) is 2.57. The van der Waals surface area contributed by atoms with E-state index in [0.29, 0.717) is 12.0 Å². The molecule has 2 N–H and O–H groups in total. The van der Waals surface area contributed by atoms with Crippen molar-refractivity contribution in [2.45, 2.75) is 18.4 Å². The summed E-state index contributed by atoms with van der Waals surface area (Å²) in [6.45, 7) is 0. The zero-order valence-electron chi connectivity index (χ0n) is 7.03. The van der Waals surface area contributed by atoms with Crippen molar-refractivity contribution in [3.8, 4) is 0 Å². The molecule has 70 valence electrons. The summed E-state index contributed by atoms with van der Waals surface area (Å²) in [5.41, 5.74) is 8.75. The molecule has 3 unspecified atom stereocenters. The molecule has 2 aliphatic carbocycles. The summed E-state index contributed by atoms with van der Waals surface area (Å²) in [5.74, 6) is 1.37. The lowest BCUT2D eigenvalue weighted by Gasteiger charge is -2.04. The Labute approximate surface area is 88.7 Å². The van der Waals surface area contributed by atoms with Crippen LogP contribution in [0.2, 0.25) is 5.02 Å². The lowest BCUT2D eigenvalue weighted by Crippen LogP contribution is -2.08. The predicted molar refractivity (Wildman–Crippen MR) is 56.6 cm³/mol. The van der Waals surface area contributed by atoms with Gasteiger partial charge in [-0.15, -0.1) is 12.4 Å². The second-order valence-corrected chi connectivity index (χ2v) is 4.25. The average molecular weight is 216 g/mol. The van der Waals surface area contributed by atoms with Crippen LogP contribution in [-0.2, 0) is 6.42 Å². The molecule has 1 nitrogen and oxygen atoms in total. The Morgan fingerprint density at radius 2 is 2.15 bits per heavy atom. The molecule has 0 saturated heterocycles. The lowest BCUT2D eigenvalue weighted by atomic mass is 10.1. The Morgan fingerprint density at radius 1 is 1.38 bits per heavy atom. The van der Waals surface area contributed by atoms with Crippen LogP contribution in [0.5, 0.6) is 0 Å². The van der Waals surface area contributed by atoms with Gasteiger partial charge < -0.3 is 5.73 Å². The van der Waals surface area contributed by atoms with Crippen LogP contribution in [-0.4, -0.2) is 6.04 Å². The smallest absolute Gasteiger partial charge is 0.0408 e. The van der Waals surface area contributed by atoms with Crippen LogP contribution < -0.4 is 5.73 Å². The van der Waals surface area contributed by atoms with E-state index in [9.17, 15) is 0 Å². The minimum absolute atomic E-state index is 0. The molecular formula is C10H11Cl2N. The maximum atomic E-state index is 5.89. The SMILES string of the molecule is Cl.NC1C2Cc3cc(Cl)ccc3C12. The second kappa shape index (κ2) is 2.88. The molecule has 1 fully saturated rings. The van der Waals surface area contributed by atoms with E-state index in [0.717, 1.165) is 17.4 Å². The highest BCUT2D eigenvalue weighted by Gasteiger charge is 2.53. The number of hydrogen-bond donors (Lipinski definition) is 1. The predicted octanol–water partition coefficient (Wildman–Crippen LogP) is 2.36. The van der Waals surface area contributed by atoms with Crippen molar-refractivity contribution < 1.29 is 0 Å². The summed E-state index contributed by atoms with van der Waals surface area (Å²) in [4.78, 5) is 0. The second-order valence-electron chi connectivity index (χ2n) is 3.81. The standard InChI is InChI=1S/C10H10ClN.ClH/c11-6-1-2-7-5(3-6)4-8-9(7)10(8)12;/h1-3,8-10H,4,12H2;1H. The van der Waals surface area contributed by atoms with Gasteiger partial charge in [0.1, 0.15) is 0 Å². The van der Waals surface area contributed by atoms with Crippen molar-refractivity contribution in [1.82, 2.24) is 0 Å². The van der Waals surface area contributed by atoms with E-state index in [1.807, 2.05) is 6.07 Å². The number of rotatable bonds is 0. The fourth-order valence-corrected chi connectivity index (χ4v) is 2.63. The first kappa shape index (κ1) is 9.32. The number of benzene rings is 1. The van der Waals surface area contributed by atoms with Crippen molar-refractivity contribution in [3.63, 3.8) is 0 Å². The molecule has 13 heavy (non-hydrogen) atoms. The monoisotopic (exact) mass is 215 g/mol. The molecule has 3 heteroatoms. The van der Waals surface area contributed by atoms with Gasteiger partial charge in [0.2, 0.25) is 0 Å². The molecule has 2 aliphatic rings. The number of hydrogen-bond acceptors (Lipinski definition) is 1. The van der Waals surface area contributed by atoms with E-state index in [4.69, 9.17) is 17.3 Å². The molecule has 0 aromatic heterocycles. The van der Waals surface area contributed by atoms with Gasteiger partial charge in [-0.05, 0) is 35.6 Å². The van der Waals surface area contributed by atoms with Crippen LogP contribution in [0.25, 0.3) is 0 Å². The lowest BCUT2D eigenvalue weighted by molar-refractivity contribution is 0.801. The molecule has 3 rings (SSSR count). The van der Waals surface area contributed by atoms with Gasteiger partial charge >= 0.3 is 0 Å². The minimum Gasteiger partial charge on any atom is -0.327 e. The van der Waals surface area contributed by atoms with Crippen LogP contribution in [0.1, 0.15) is 17.0 Å². The third-order valence-electron chi connectivity index (χ3n) is 3.15. The van der Waals surface area contributed by atoms with Gasteiger partial charge in [-0.25, -0.2) is 0 Å². The summed E-state index contributed by atoms with van der Waals surface area (Å²) in [6, 6.07) is 6.61. The molecule has 0 amide bonds. The molecule has 1 saturated carbocycles. The summed E-state index contributed by atoms with van der Waals surface area (Å²) < 4.78 is 0. The van der Waals surface area contributed by atoms with Crippen LogP contribution in [0.15, 0.2) is 18.2 Å². The first-order valence-corrected chi connectivity index (χ1v) is 4.69. The zero-order valence-corrected chi connectivity index (χ0v) is 8.61. The van der Waals surface area contributed by atoms with E-state index in [1.54, 1.807) is 0 Å². The van der Waals surface area contributed by atoms with Crippen LogP contribution in [0, 0.1) is 5.92 Å². The van der Waals surface area contributed by atoms with Gasteiger partial charge in [0.05, 0.1) is 0 Å². The van der Waals surface area contributed by atoms with E-state index in [2.05, 4.69) is 12.1 Å². The van der Waals surface area contributed by atoms with Gasteiger partial charge in [0, 0.05) is 17.0 Å². The maximum Gasteiger partial charge on any atom is 0.0408 e. The Kier molecular flexibility index (Phi) is 2.06. The topological polar surface area (TPSA) is 26.0 Å². The van der Waals surface area contributed by atoms with Gasteiger partial charge in [0.15, 0.2) is 0 Å². The molecule has 1 aromatic rings. The number of fused-ring (bicyclic) bond motifs is 3. The van der Waals surface area contributed by atoms with Crippen LogP contribution in [0.4, 0.5) is 0 Å². The van der Waals surface area contributed by atoms with E-state index in [1.165, 1.54) is 11.1 Å². The first-order valence-electron chi connectivity index (χ1n) is 4.31. The highest BCUT2D eigenvalue weighted by atomic mass is 35.5. The first-order chi connectivity index (χ1) is 5.77. The molecule has 3 atom stereocenters. The van der Waals surface area contributed by atoms with E-state index < -0.39 is 0 Å². The van der Waals surface area contributed by atoms with Crippen molar-refractivity contribution >= 4 is 24.0 Å². The van der Waals surface area contributed by atoms with Gasteiger partial charge in [0.25, 0.3) is 0 Å². The number of nitrogens with two attached hydrogens (primary N) is 1. The quantitative estimate of drug-likeness (QED) is 0.707. The summed E-state index contributed by atoms with van der Waals surface area (Å²) in [7, 11) is 0. The molecule has 0 aliphatic heterocycles. The van der Waals surface area contributed by atoms with Gasteiger partial charge in [-0.2, -0.15) is 0 Å². The molecule has 1 aromatic carbocycles. The minimum atomic E-state index is 0. The molecular weight excluding hydrogens is 205 g/mol. The Morgan fingerprint density at radius 3 is 2.92 bits per heavy atom. The van der Waals surface area contributed by atoms with E-state index in [-0.39, 0.29) is 12.4 Å². The van der Waals surface area contributed by atoms with Crippen molar-refractivity contribution in [2.75, 3.05) is 0 Å². The van der Waals surface area contributed by atoms with Crippen molar-refractivity contribution in [2.24, 2.45) is 11.7 Å². The highest BCUT2D eigenvalue weighted by Crippen LogP contribution is 2.55. The Bertz CT molecular complexity index is 351. The Balaban J connectivity index is 0.000000653. The van der Waals surface area contributed by atoms with Crippen LogP contribution in [0.3, 0.4) is 0 Å². The molecule has 0 radical (unpaired) electrons. The van der Waals surface area contributed by atoms with E-state index >= 15 is 0 Å². The van der Waals surface area contributed by atoms with Gasteiger partial charge in [-0.3, -0.25) is 0 Å². The largest absolute Gasteiger partial charge is 0.327 e. The molecule has 0 spiro atoms. The van der Waals surface area contributed by atoms with Crippen molar-refractivity contribution in [3.05, 3.63) is 34.3 Å². The summed E-state index contributed by atoms with van der Waals surface area (Å²) in [5, 5.41) is 0.851. The molecule has 0 heterocycles.